The van der Waals surface area contributed by atoms with Gasteiger partial charge in [0.2, 0.25) is 0 Å². The summed E-state index contributed by atoms with van der Waals surface area (Å²) in [4.78, 5) is 20.5. The number of hydrogen-bond donors (Lipinski definition) is 1. The van der Waals surface area contributed by atoms with E-state index in [0.29, 0.717) is 18.1 Å². The molecule has 1 aromatic heterocycles. The van der Waals surface area contributed by atoms with E-state index in [4.69, 9.17) is 15.7 Å². The number of hydrogen-bond acceptors (Lipinski definition) is 6. The number of Topliss-reactive ketones (excluding diaryl/α,β-unsaturated/α-hetero) is 1. The van der Waals surface area contributed by atoms with E-state index >= 15 is 0 Å². The lowest BCUT2D eigenvalue weighted by Crippen LogP contribution is -2.46. The topological polar surface area (TPSA) is 101 Å². The molecule has 9 heteroatoms. The van der Waals surface area contributed by atoms with Crippen LogP contribution >= 0.6 is 0 Å². The lowest BCUT2D eigenvalue weighted by Gasteiger charge is -2.37. The molecule has 0 radical (unpaired) electrons. The number of halogens is 3. The Morgan fingerprint density at radius 1 is 1.40 bits per heavy atom. The molecule has 6 nitrogen and oxygen atoms in total. The quantitative estimate of drug-likeness (QED) is 0.752. The number of carbonyl (C=O) groups excluding carboxylic acids is 1. The maximum Gasteiger partial charge on any atom is 0.283 e. The zero-order valence-corrected chi connectivity index (χ0v) is 16.3. The highest BCUT2D eigenvalue weighted by Crippen LogP contribution is 2.40. The predicted molar refractivity (Wildman–Crippen MR) is 102 cm³/mol. The van der Waals surface area contributed by atoms with E-state index in [1.165, 1.54) is 37.4 Å². The molecule has 0 aliphatic carbocycles. The zero-order chi connectivity index (χ0) is 22.1. The summed E-state index contributed by atoms with van der Waals surface area (Å²) in [5.74, 6) is -4.19. The van der Waals surface area contributed by atoms with Crippen molar-refractivity contribution in [3.63, 3.8) is 0 Å². The van der Waals surface area contributed by atoms with Gasteiger partial charge in [-0.3, -0.25) is 9.78 Å². The number of aliphatic imine (C=N–C) groups is 1. The number of ketones is 1. The van der Waals surface area contributed by atoms with E-state index in [2.05, 4.69) is 9.98 Å². The van der Waals surface area contributed by atoms with Crippen molar-refractivity contribution in [3.05, 3.63) is 64.7 Å². The Balaban J connectivity index is 1.90. The fourth-order valence-corrected chi connectivity index (χ4v) is 3.31. The summed E-state index contributed by atoms with van der Waals surface area (Å²) in [6.07, 6.45) is -0.657. The van der Waals surface area contributed by atoms with E-state index in [-0.39, 0.29) is 29.9 Å². The van der Waals surface area contributed by atoms with Gasteiger partial charge < -0.3 is 10.5 Å². The molecule has 30 heavy (non-hydrogen) atoms. The normalized spacial score (nSPS) is 21.3. The Kier molecular flexibility index (Phi) is 5.53. The average Bonchev–Trinajstić information content (AvgIpc) is 2.68. The van der Waals surface area contributed by atoms with Gasteiger partial charge in [0.05, 0.1) is 11.1 Å². The van der Waals surface area contributed by atoms with Crippen LogP contribution in [0, 0.1) is 17.1 Å². The molecule has 1 aromatic carbocycles. The Bertz CT molecular complexity index is 1040. The smallest absolute Gasteiger partial charge is 0.283 e. The minimum atomic E-state index is -3.20. The first-order valence-electron chi connectivity index (χ1n) is 9.10. The van der Waals surface area contributed by atoms with Gasteiger partial charge in [-0.05, 0) is 36.8 Å². The van der Waals surface area contributed by atoms with Crippen molar-refractivity contribution in [1.82, 2.24) is 4.98 Å². The third kappa shape index (κ3) is 4.43. The molecule has 0 fully saturated rings. The number of nitrogens with two attached hydrogens (primary N) is 1. The van der Waals surface area contributed by atoms with E-state index in [1.807, 2.05) is 6.07 Å². The molecule has 2 aromatic rings. The zero-order valence-electron chi connectivity index (χ0n) is 16.3. The maximum absolute atomic E-state index is 14.6. The number of carbonyl (C=O) groups is 1. The third-order valence-electron chi connectivity index (χ3n) is 4.92. The van der Waals surface area contributed by atoms with Gasteiger partial charge in [-0.25, -0.2) is 18.2 Å². The van der Waals surface area contributed by atoms with Gasteiger partial charge in [0, 0.05) is 31.5 Å². The van der Waals surface area contributed by atoms with Crippen molar-refractivity contribution < 1.29 is 22.7 Å². The second-order valence-electron chi connectivity index (χ2n) is 7.45. The van der Waals surface area contributed by atoms with Gasteiger partial charge in [-0.1, -0.05) is 6.07 Å². The molecule has 2 atom stereocenters. The van der Waals surface area contributed by atoms with Crippen LogP contribution in [0.3, 0.4) is 0 Å². The van der Waals surface area contributed by atoms with Crippen molar-refractivity contribution in [3.8, 4) is 6.07 Å². The summed E-state index contributed by atoms with van der Waals surface area (Å²) < 4.78 is 47.2. The summed E-state index contributed by atoms with van der Waals surface area (Å²) in [7, 11) is 0. The second-order valence-corrected chi connectivity index (χ2v) is 7.45. The SMILES string of the molecule is CC(F)(F)[C@@H]1C[C@@](C)(c2cc(CC(=O)c3ccc(C#N)cn3)ccc2F)N=C(N)O1. The first-order valence-corrected chi connectivity index (χ1v) is 9.10. The van der Waals surface area contributed by atoms with Gasteiger partial charge in [-0.15, -0.1) is 0 Å². The lowest BCUT2D eigenvalue weighted by atomic mass is 9.83. The second kappa shape index (κ2) is 7.78. The van der Waals surface area contributed by atoms with Crippen LogP contribution < -0.4 is 5.73 Å². The number of ether oxygens (including phenoxy) is 1. The van der Waals surface area contributed by atoms with E-state index < -0.39 is 29.4 Å². The highest BCUT2D eigenvalue weighted by Gasteiger charge is 2.46. The number of aromatic nitrogens is 1. The Morgan fingerprint density at radius 2 is 2.13 bits per heavy atom. The van der Waals surface area contributed by atoms with Crippen LogP contribution in [0.5, 0.6) is 0 Å². The van der Waals surface area contributed by atoms with Crippen LogP contribution in [0.2, 0.25) is 0 Å². The van der Waals surface area contributed by atoms with Gasteiger partial charge in [0.25, 0.3) is 11.9 Å². The minimum absolute atomic E-state index is 0.0427. The summed E-state index contributed by atoms with van der Waals surface area (Å²) in [5.41, 5.74) is 5.19. The number of benzene rings is 1. The average molecular weight is 416 g/mol. The van der Waals surface area contributed by atoms with Gasteiger partial charge in [0.15, 0.2) is 11.9 Å². The first-order chi connectivity index (χ1) is 14.0. The summed E-state index contributed by atoms with van der Waals surface area (Å²) >= 11 is 0. The highest BCUT2D eigenvalue weighted by molar-refractivity contribution is 5.95. The van der Waals surface area contributed by atoms with E-state index in [0.717, 1.165) is 6.07 Å². The van der Waals surface area contributed by atoms with Crippen LogP contribution in [0.15, 0.2) is 41.5 Å². The van der Waals surface area contributed by atoms with Crippen molar-refractivity contribution in [2.24, 2.45) is 10.7 Å². The minimum Gasteiger partial charge on any atom is -0.456 e. The molecular weight excluding hydrogens is 397 g/mol. The van der Waals surface area contributed by atoms with Gasteiger partial charge in [0.1, 0.15) is 17.6 Å². The first kappa shape index (κ1) is 21.3. The van der Waals surface area contributed by atoms with Gasteiger partial charge in [-0.2, -0.15) is 5.26 Å². The third-order valence-corrected chi connectivity index (χ3v) is 4.92. The van der Waals surface area contributed by atoms with Crippen molar-refractivity contribution in [2.75, 3.05) is 0 Å². The Hall–Kier alpha value is -3.41. The lowest BCUT2D eigenvalue weighted by molar-refractivity contribution is -0.103. The highest BCUT2D eigenvalue weighted by atomic mass is 19.3. The molecular formula is C21H19F3N4O2. The number of pyridine rings is 1. The van der Waals surface area contributed by atoms with Crippen molar-refractivity contribution in [2.45, 2.75) is 44.3 Å². The summed E-state index contributed by atoms with van der Waals surface area (Å²) in [5, 5.41) is 8.81. The molecule has 0 spiro atoms. The molecule has 0 bridgehead atoms. The molecule has 1 aliphatic heterocycles. The molecule has 156 valence electrons. The van der Waals surface area contributed by atoms with Gasteiger partial charge >= 0.3 is 0 Å². The number of rotatable bonds is 5. The standard InChI is InChI=1S/C21H19F3N4O2/c1-20(9-18(21(2,23)24)30-19(26)28-20)14-7-12(3-5-15(14)22)8-17(29)16-6-4-13(10-25)11-27-16/h3-7,11,18H,8-9H2,1-2H3,(H2,26,28)/t18-,20-/m0/s1. The monoisotopic (exact) mass is 416 g/mol. The molecule has 0 amide bonds. The summed E-state index contributed by atoms with van der Waals surface area (Å²) in [6.45, 7) is 2.19. The van der Waals surface area contributed by atoms with E-state index in [9.17, 15) is 18.0 Å². The number of nitrogens with zero attached hydrogens (tertiary/aromatic N) is 3. The number of nitriles is 1. The molecule has 3 rings (SSSR count). The summed E-state index contributed by atoms with van der Waals surface area (Å²) in [6, 6.07) is 8.39. The van der Waals surface area contributed by atoms with E-state index in [1.54, 1.807) is 0 Å². The molecule has 2 N–H and O–H groups in total. The molecule has 0 unspecified atom stereocenters. The fourth-order valence-electron chi connectivity index (χ4n) is 3.31. The largest absolute Gasteiger partial charge is 0.456 e. The van der Waals surface area contributed by atoms with Crippen LogP contribution in [0.25, 0.3) is 0 Å². The van der Waals surface area contributed by atoms with Crippen LogP contribution in [0.1, 0.15) is 47.4 Å². The fraction of sp³-hybridized carbons (Fsp3) is 0.333. The number of alkyl halides is 2. The molecule has 2 heterocycles. The van der Waals surface area contributed by atoms with Crippen molar-refractivity contribution >= 4 is 11.8 Å². The van der Waals surface area contributed by atoms with Crippen molar-refractivity contribution in [1.29, 1.82) is 5.26 Å². The molecule has 0 saturated carbocycles. The molecule has 0 saturated heterocycles. The Morgan fingerprint density at radius 3 is 2.73 bits per heavy atom. The molecule has 1 aliphatic rings. The van der Waals surface area contributed by atoms with Crippen LogP contribution in [0.4, 0.5) is 13.2 Å². The van der Waals surface area contributed by atoms with Crippen LogP contribution in [-0.4, -0.2) is 28.8 Å². The maximum atomic E-state index is 14.6. The number of amidine groups is 1. The predicted octanol–water partition coefficient (Wildman–Crippen LogP) is 3.49. The van der Waals surface area contributed by atoms with Crippen LogP contribution in [-0.2, 0) is 16.7 Å². The Labute approximate surface area is 171 Å².